The van der Waals surface area contributed by atoms with Crippen LogP contribution in [0.25, 0.3) is 40.1 Å². The Hall–Kier alpha value is -6.17. The molecule has 0 fully saturated rings. The third-order valence-electron chi connectivity index (χ3n) is 10.6. The highest BCUT2D eigenvalue weighted by molar-refractivity contribution is 6.02. The van der Waals surface area contributed by atoms with Gasteiger partial charge in [-0.15, -0.1) is 0 Å². The fourth-order valence-electron chi connectivity index (χ4n) is 8.39. The summed E-state index contributed by atoms with van der Waals surface area (Å²) in [6, 6.07) is 35.1. The second-order valence-electron chi connectivity index (χ2n) is 13.4. The number of hydrogen-bond donors (Lipinski definition) is 2. The summed E-state index contributed by atoms with van der Waals surface area (Å²) in [5.74, 6) is 2.22. The van der Waals surface area contributed by atoms with Crippen LogP contribution in [0.3, 0.4) is 0 Å². The molecule has 5 nitrogen and oxygen atoms in total. The number of para-hydroxylation sites is 2. The smallest absolute Gasteiger partial charge is 0.160 e. The average molecular weight is 709 g/mol. The Labute approximate surface area is 319 Å². The summed E-state index contributed by atoms with van der Waals surface area (Å²) in [6.07, 6.45) is 16.1. The van der Waals surface area contributed by atoms with Crippen LogP contribution in [0.15, 0.2) is 146 Å². The van der Waals surface area contributed by atoms with Crippen LogP contribution in [0, 0.1) is 5.41 Å². The zero-order valence-electron chi connectivity index (χ0n) is 31.7. The molecule has 5 heteroatoms. The molecule has 3 heterocycles. The first kappa shape index (κ1) is 36.2. The van der Waals surface area contributed by atoms with Gasteiger partial charge in [-0.05, 0) is 83.5 Å². The molecule has 0 saturated carbocycles. The maximum absolute atomic E-state index is 7.62. The van der Waals surface area contributed by atoms with E-state index in [1.165, 1.54) is 49.6 Å². The van der Waals surface area contributed by atoms with E-state index >= 15 is 0 Å². The molecule has 0 radical (unpaired) electrons. The van der Waals surface area contributed by atoms with E-state index in [2.05, 4.69) is 127 Å². The highest BCUT2D eigenvalue weighted by Crippen LogP contribution is 2.63. The molecule has 2 aliphatic heterocycles. The number of hydrogen-bond acceptors (Lipinski definition) is 3. The normalized spacial score (nSPS) is 15.8. The van der Waals surface area contributed by atoms with E-state index in [9.17, 15) is 0 Å². The van der Waals surface area contributed by atoms with E-state index in [0.717, 1.165) is 46.9 Å². The Morgan fingerprint density at radius 3 is 2.11 bits per heavy atom. The van der Waals surface area contributed by atoms with Gasteiger partial charge in [-0.3, -0.25) is 5.41 Å². The minimum atomic E-state index is -0.492. The maximum Gasteiger partial charge on any atom is 0.160 e. The molecule has 0 unspecified atom stereocenters. The summed E-state index contributed by atoms with van der Waals surface area (Å²) in [6.45, 7) is 14.5. The Morgan fingerprint density at radius 2 is 1.46 bits per heavy atom. The van der Waals surface area contributed by atoms with Crippen molar-refractivity contribution in [2.45, 2.75) is 39.0 Å². The summed E-state index contributed by atoms with van der Waals surface area (Å²) < 4.78 is 9.41. The van der Waals surface area contributed by atoms with Crippen molar-refractivity contribution in [3.63, 3.8) is 0 Å². The Balaban J connectivity index is 0.000000258. The van der Waals surface area contributed by atoms with Crippen LogP contribution < -0.4 is 21.0 Å². The number of nitrogens with zero attached hydrogens (tertiary/aromatic N) is 2. The fraction of sp³-hybridized carbons (Fsp3) is 0.163. The molecular formula is C49H48N4O. The summed E-state index contributed by atoms with van der Waals surface area (Å²) in [4.78, 5) is 1.72. The largest absolute Gasteiger partial charge is 0.454 e. The number of rotatable bonds is 4. The van der Waals surface area contributed by atoms with Crippen LogP contribution in [0.1, 0.15) is 61.6 Å². The number of nitrogens with two attached hydrogens (primary N) is 1. The first-order valence-corrected chi connectivity index (χ1v) is 18.8. The van der Waals surface area contributed by atoms with Gasteiger partial charge in [-0.1, -0.05) is 136 Å². The lowest BCUT2D eigenvalue weighted by atomic mass is 9.63. The highest BCUT2D eigenvalue weighted by atomic mass is 16.5. The molecule has 2 aliphatic carbocycles. The van der Waals surface area contributed by atoms with E-state index in [1.807, 2.05) is 40.0 Å². The lowest BCUT2D eigenvalue weighted by molar-refractivity contribution is 0.473. The predicted molar refractivity (Wildman–Crippen MR) is 227 cm³/mol. The molecule has 270 valence electrons. The summed E-state index contributed by atoms with van der Waals surface area (Å²) in [5, 5.41) is 10.0. The van der Waals surface area contributed by atoms with Crippen LogP contribution in [0.4, 0.5) is 0 Å². The van der Waals surface area contributed by atoms with Crippen LogP contribution in [0.5, 0.6) is 11.5 Å². The average Bonchev–Trinajstić information content (AvgIpc) is 3.70. The molecule has 1 aromatic heterocycles. The second-order valence-corrected chi connectivity index (χ2v) is 13.4. The van der Waals surface area contributed by atoms with Gasteiger partial charge < -0.3 is 19.9 Å². The molecule has 0 atom stereocenters. The second kappa shape index (κ2) is 15.1. The van der Waals surface area contributed by atoms with Crippen molar-refractivity contribution < 1.29 is 4.74 Å². The number of aromatic nitrogens is 1. The van der Waals surface area contributed by atoms with Crippen LogP contribution in [-0.4, -0.2) is 28.9 Å². The van der Waals surface area contributed by atoms with E-state index < -0.39 is 5.41 Å². The van der Waals surface area contributed by atoms with Gasteiger partial charge in [0.05, 0.1) is 22.1 Å². The first-order valence-electron chi connectivity index (χ1n) is 18.8. The van der Waals surface area contributed by atoms with Crippen molar-refractivity contribution in [3.05, 3.63) is 185 Å². The van der Waals surface area contributed by atoms with Crippen molar-refractivity contribution in [1.82, 2.24) is 9.47 Å². The van der Waals surface area contributed by atoms with E-state index in [1.54, 1.807) is 23.1 Å². The highest BCUT2D eigenvalue weighted by Gasteiger charge is 2.53. The maximum atomic E-state index is 7.62. The SMILES string of the molecule is C=C/C=C(\CN)N(C)C(=N)/C=C\C.C=C1/C=C2\c3c(c4c(n3-c3ccccc3C23c2ccccc2-c2ccccc23)=CCCC=4)Oc2ccccc21.CC. The van der Waals surface area contributed by atoms with Gasteiger partial charge in [0, 0.05) is 35.6 Å². The monoisotopic (exact) mass is 708 g/mol. The van der Waals surface area contributed by atoms with E-state index in [-0.39, 0.29) is 0 Å². The quantitative estimate of drug-likeness (QED) is 0.111. The number of allylic oxidation sites excluding steroid dienone is 6. The fourth-order valence-corrected chi connectivity index (χ4v) is 8.39. The molecule has 0 amide bonds. The van der Waals surface area contributed by atoms with Crippen molar-refractivity contribution in [1.29, 1.82) is 5.41 Å². The molecule has 4 aliphatic rings. The molecule has 3 N–H and O–H groups in total. The topological polar surface area (TPSA) is 67.3 Å². The van der Waals surface area contributed by atoms with Crippen molar-refractivity contribution in [2.24, 2.45) is 5.73 Å². The Kier molecular flexibility index (Phi) is 10.1. The van der Waals surface area contributed by atoms with Crippen LogP contribution in [0.2, 0.25) is 0 Å². The van der Waals surface area contributed by atoms with E-state index in [0.29, 0.717) is 12.4 Å². The molecule has 4 aromatic carbocycles. The molecule has 54 heavy (non-hydrogen) atoms. The molecular weight excluding hydrogens is 661 g/mol. The number of benzene rings is 4. The minimum absolute atomic E-state index is 0.405. The molecule has 1 spiro atoms. The Bertz CT molecular complexity index is 2480. The van der Waals surface area contributed by atoms with Crippen molar-refractivity contribution in [3.8, 4) is 28.3 Å². The number of likely N-dealkylation sites (N-methyl/N-ethyl adjacent to an activating group) is 1. The first-order chi connectivity index (χ1) is 26.4. The standard InChI is InChI=1S/C37H25NO.C10H17N3.C2H6/c1-23-22-31-35-36(39-34-21-11-5-12-24(23)34)27-15-4-9-19-32(27)38(35)33-20-10-8-18-30(33)37(31)28-16-6-2-13-25(28)26-14-3-7-17-29(26)37;1-4-6-9(8-11)13(3)10(12)7-5-2;1-2/h2-3,5-8,10-22H,1,4,9H2;4-7,12H,1,8,11H2,2-3H3;1-2H3/b31-22+;7-5-,9-6+,12-10?;. The number of fused-ring (bicyclic) bond motifs is 13. The summed E-state index contributed by atoms with van der Waals surface area (Å²) in [7, 11) is 1.81. The molecule has 0 saturated heterocycles. The number of nitrogens with one attached hydrogen (secondary N) is 1. The molecule has 0 bridgehead atoms. The zero-order chi connectivity index (χ0) is 38.0. The third-order valence-corrected chi connectivity index (χ3v) is 10.6. The zero-order valence-corrected chi connectivity index (χ0v) is 31.7. The van der Waals surface area contributed by atoms with Gasteiger partial charge in [-0.2, -0.15) is 0 Å². The number of ether oxygens (including phenoxy) is 1. The lowest BCUT2D eigenvalue weighted by Gasteiger charge is -2.42. The molecule has 5 aromatic rings. The van der Waals surface area contributed by atoms with Gasteiger partial charge in [-0.25, -0.2) is 0 Å². The van der Waals surface area contributed by atoms with Gasteiger partial charge in [0.2, 0.25) is 0 Å². The van der Waals surface area contributed by atoms with Crippen LogP contribution in [-0.2, 0) is 5.41 Å². The van der Waals surface area contributed by atoms with Gasteiger partial charge in [0.1, 0.15) is 11.6 Å². The minimum Gasteiger partial charge on any atom is -0.454 e. The van der Waals surface area contributed by atoms with Gasteiger partial charge in [0.15, 0.2) is 5.75 Å². The van der Waals surface area contributed by atoms with Crippen molar-refractivity contribution >= 4 is 29.1 Å². The van der Waals surface area contributed by atoms with E-state index in [4.69, 9.17) is 15.9 Å². The van der Waals surface area contributed by atoms with Gasteiger partial charge >= 0.3 is 0 Å². The van der Waals surface area contributed by atoms with Crippen molar-refractivity contribution in [2.75, 3.05) is 13.6 Å². The third kappa shape index (κ3) is 5.55. The number of amidine groups is 1. The lowest BCUT2D eigenvalue weighted by Crippen LogP contribution is -2.38. The summed E-state index contributed by atoms with van der Waals surface area (Å²) >= 11 is 0. The summed E-state index contributed by atoms with van der Waals surface area (Å²) in [5.41, 5.74) is 18.0. The Morgan fingerprint density at radius 1 is 0.870 bits per heavy atom. The predicted octanol–water partition coefficient (Wildman–Crippen LogP) is 9.89. The molecule has 9 rings (SSSR count). The van der Waals surface area contributed by atoms with Crippen LogP contribution >= 0.6 is 0 Å². The van der Waals surface area contributed by atoms with Gasteiger partial charge in [0.25, 0.3) is 0 Å².